The van der Waals surface area contributed by atoms with Gasteiger partial charge >= 0.3 is 0 Å². The quantitative estimate of drug-likeness (QED) is 0.717. The fourth-order valence-electron chi connectivity index (χ4n) is 1.05. The number of benzene rings is 1. The van der Waals surface area contributed by atoms with Crippen molar-refractivity contribution < 1.29 is 8.78 Å². The van der Waals surface area contributed by atoms with Gasteiger partial charge in [0.15, 0.2) is 11.6 Å². The molecule has 0 aromatic heterocycles. The Balaban J connectivity index is 2.15. The van der Waals surface area contributed by atoms with E-state index in [0.717, 1.165) is 18.9 Å². The van der Waals surface area contributed by atoms with Gasteiger partial charge in [0, 0.05) is 17.8 Å². The van der Waals surface area contributed by atoms with Gasteiger partial charge in [-0.1, -0.05) is 0 Å². The molecule has 1 aromatic carbocycles. The Morgan fingerprint density at radius 3 is 2.50 bits per heavy atom. The van der Waals surface area contributed by atoms with E-state index in [0.29, 0.717) is 11.7 Å². The molecule has 1 aliphatic rings. The van der Waals surface area contributed by atoms with E-state index in [9.17, 15) is 8.78 Å². The van der Waals surface area contributed by atoms with Gasteiger partial charge in [-0.15, -0.1) is 0 Å². The van der Waals surface area contributed by atoms with Crippen LogP contribution in [0.2, 0.25) is 0 Å². The molecule has 0 bridgehead atoms. The van der Waals surface area contributed by atoms with E-state index < -0.39 is 11.6 Å². The number of hydrogen-bond donors (Lipinski definition) is 1. The Labute approximate surface area is 69.4 Å². The van der Waals surface area contributed by atoms with E-state index in [1.165, 1.54) is 6.07 Å². The zero-order valence-corrected chi connectivity index (χ0v) is 6.48. The molecule has 0 unspecified atom stereocenters. The summed E-state index contributed by atoms with van der Waals surface area (Å²) >= 11 is 0. The number of hydrogen-bond acceptors (Lipinski definition) is 1. The third-order valence-electron chi connectivity index (χ3n) is 1.87. The molecule has 0 aliphatic heterocycles. The van der Waals surface area contributed by atoms with E-state index in [1.807, 2.05) is 0 Å². The smallest absolute Gasteiger partial charge is 0.160 e. The topological polar surface area (TPSA) is 12.0 Å². The Hall–Kier alpha value is -1.12. The number of anilines is 1. The van der Waals surface area contributed by atoms with Crippen molar-refractivity contribution in [3.8, 4) is 0 Å². The maximum Gasteiger partial charge on any atom is 0.160 e. The predicted octanol–water partition coefficient (Wildman–Crippen LogP) is 2.54. The first-order valence-corrected chi connectivity index (χ1v) is 3.97. The van der Waals surface area contributed by atoms with E-state index in [-0.39, 0.29) is 0 Å². The van der Waals surface area contributed by atoms with Crippen LogP contribution in [0.3, 0.4) is 0 Å². The lowest BCUT2D eigenvalue weighted by molar-refractivity contribution is 0.509. The lowest BCUT2D eigenvalue weighted by Gasteiger charge is -2.03. The monoisotopic (exact) mass is 169 g/mol. The van der Waals surface area contributed by atoms with Crippen molar-refractivity contribution in [1.29, 1.82) is 0 Å². The van der Waals surface area contributed by atoms with E-state index in [1.54, 1.807) is 6.07 Å². The fraction of sp³-hybridized carbons (Fsp3) is 0.333. The molecule has 0 saturated heterocycles. The molecule has 0 spiro atoms. The van der Waals surface area contributed by atoms with Gasteiger partial charge in [-0.2, -0.15) is 0 Å². The third kappa shape index (κ3) is 1.55. The highest BCUT2D eigenvalue weighted by molar-refractivity contribution is 5.45. The van der Waals surface area contributed by atoms with Crippen molar-refractivity contribution in [2.45, 2.75) is 18.9 Å². The van der Waals surface area contributed by atoms with Crippen LogP contribution < -0.4 is 5.32 Å². The van der Waals surface area contributed by atoms with E-state index in [2.05, 4.69) is 5.32 Å². The van der Waals surface area contributed by atoms with Crippen molar-refractivity contribution in [3.05, 3.63) is 29.8 Å². The lowest BCUT2D eigenvalue weighted by atomic mass is 10.3. The lowest BCUT2D eigenvalue weighted by Crippen LogP contribution is -2.01. The van der Waals surface area contributed by atoms with Crippen LogP contribution in [0.5, 0.6) is 0 Å². The van der Waals surface area contributed by atoms with Crippen LogP contribution in [0.4, 0.5) is 14.5 Å². The molecule has 0 radical (unpaired) electrons. The molecule has 12 heavy (non-hydrogen) atoms. The van der Waals surface area contributed by atoms with Crippen molar-refractivity contribution in [1.82, 2.24) is 0 Å². The summed E-state index contributed by atoms with van der Waals surface area (Å²) in [6, 6.07) is 4.35. The number of halogens is 2. The molecule has 1 N–H and O–H groups in total. The normalized spacial score (nSPS) is 16.2. The van der Waals surface area contributed by atoms with Crippen molar-refractivity contribution in [2.75, 3.05) is 5.32 Å². The molecular formula is C9H9F2N. The van der Waals surface area contributed by atoms with Crippen LogP contribution in [0.25, 0.3) is 0 Å². The highest BCUT2D eigenvalue weighted by Gasteiger charge is 2.20. The molecule has 0 heterocycles. The molecule has 0 atom stereocenters. The molecule has 2 rings (SSSR count). The minimum atomic E-state index is -0.795. The summed E-state index contributed by atoms with van der Waals surface area (Å²) in [5, 5.41) is 3.08. The second-order valence-electron chi connectivity index (χ2n) is 3.05. The average Bonchev–Trinajstić information content (AvgIpc) is 2.81. The molecule has 1 aliphatic carbocycles. The van der Waals surface area contributed by atoms with Gasteiger partial charge in [0.25, 0.3) is 0 Å². The standard InChI is InChI=1S/C9H9F2N/c10-8-4-3-7(5-9(8)11)12-6-1-2-6/h3-6,12H,1-2H2. The van der Waals surface area contributed by atoms with Crippen LogP contribution >= 0.6 is 0 Å². The Morgan fingerprint density at radius 1 is 1.17 bits per heavy atom. The first kappa shape index (κ1) is 7.53. The van der Waals surface area contributed by atoms with E-state index in [4.69, 9.17) is 0 Å². The summed E-state index contributed by atoms with van der Waals surface area (Å²) < 4.78 is 25.1. The summed E-state index contributed by atoms with van der Waals surface area (Å²) in [5.41, 5.74) is 0.663. The van der Waals surface area contributed by atoms with E-state index >= 15 is 0 Å². The SMILES string of the molecule is Fc1ccc(NC2CC2)cc1F. The second kappa shape index (κ2) is 2.73. The molecule has 1 aromatic rings. The van der Waals surface area contributed by atoms with Crippen LogP contribution in [-0.4, -0.2) is 6.04 Å². The first-order valence-electron chi connectivity index (χ1n) is 3.97. The molecular weight excluding hydrogens is 160 g/mol. The Kier molecular flexibility index (Phi) is 1.71. The molecule has 0 amide bonds. The van der Waals surface area contributed by atoms with Crippen LogP contribution in [0.1, 0.15) is 12.8 Å². The summed E-state index contributed by atoms with van der Waals surface area (Å²) in [5.74, 6) is -1.59. The van der Waals surface area contributed by atoms with Gasteiger partial charge in [0.05, 0.1) is 0 Å². The molecule has 3 heteroatoms. The highest BCUT2D eigenvalue weighted by Crippen LogP contribution is 2.25. The summed E-state index contributed by atoms with van der Waals surface area (Å²) in [7, 11) is 0. The largest absolute Gasteiger partial charge is 0.382 e. The first-order chi connectivity index (χ1) is 5.75. The van der Waals surface area contributed by atoms with Gasteiger partial charge in [0.2, 0.25) is 0 Å². The Morgan fingerprint density at radius 2 is 1.92 bits per heavy atom. The zero-order valence-electron chi connectivity index (χ0n) is 6.48. The number of rotatable bonds is 2. The van der Waals surface area contributed by atoms with Gasteiger partial charge in [-0.05, 0) is 25.0 Å². The predicted molar refractivity (Wildman–Crippen MR) is 43.0 cm³/mol. The van der Waals surface area contributed by atoms with Crippen LogP contribution in [0, 0.1) is 11.6 Å². The fourth-order valence-corrected chi connectivity index (χ4v) is 1.05. The van der Waals surface area contributed by atoms with Gasteiger partial charge in [-0.25, -0.2) is 8.78 Å². The Bertz CT molecular complexity index is 295. The summed E-state index contributed by atoms with van der Waals surface area (Å²) in [4.78, 5) is 0. The minimum Gasteiger partial charge on any atom is -0.382 e. The van der Waals surface area contributed by atoms with Crippen molar-refractivity contribution in [3.63, 3.8) is 0 Å². The minimum absolute atomic E-state index is 0.467. The summed E-state index contributed by atoms with van der Waals surface area (Å²) in [6.07, 6.45) is 2.25. The average molecular weight is 169 g/mol. The third-order valence-corrected chi connectivity index (χ3v) is 1.87. The molecule has 64 valence electrons. The van der Waals surface area contributed by atoms with Gasteiger partial charge < -0.3 is 5.32 Å². The molecule has 1 saturated carbocycles. The molecule has 1 nitrogen and oxygen atoms in total. The maximum absolute atomic E-state index is 12.6. The highest BCUT2D eigenvalue weighted by atomic mass is 19.2. The van der Waals surface area contributed by atoms with Crippen LogP contribution in [-0.2, 0) is 0 Å². The summed E-state index contributed by atoms with van der Waals surface area (Å²) in [6.45, 7) is 0. The maximum atomic E-state index is 12.6. The van der Waals surface area contributed by atoms with Crippen LogP contribution in [0.15, 0.2) is 18.2 Å². The van der Waals surface area contributed by atoms with Crippen molar-refractivity contribution in [2.24, 2.45) is 0 Å². The zero-order chi connectivity index (χ0) is 8.55. The number of nitrogens with one attached hydrogen (secondary N) is 1. The molecule has 1 fully saturated rings. The second-order valence-corrected chi connectivity index (χ2v) is 3.05. The van der Waals surface area contributed by atoms with Gasteiger partial charge in [-0.3, -0.25) is 0 Å². The van der Waals surface area contributed by atoms with Crippen molar-refractivity contribution >= 4 is 5.69 Å². The van der Waals surface area contributed by atoms with Gasteiger partial charge in [0.1, 0.15) is 0 Å².